The van der Waals surface area contributed by atoms with Crippen molar-refractivity contribution < 1.29 is 4.79 Å². The molecule has 0 fully saturated rings. The van der Waals surface area contributed by atoms with Gasteiger partial charge in [-0.3, -0.25) is 9.69 Å². The third-order valence-corrected chi connectivity index (χ3v) is 5.53. The Balaban J connectivity index is 1.71. The van der Waals surface area contributed by atoms with Gasteiger partial charge in [0.2, 0.25) is 5.95 Å². The van der Waals surface area contributed by atoms with E-state index in [0.29, 0.717) is 11.4 Å². The Bertz CT molecular complexity index is 939. The van der Waals surface area contributed by atoms with Gasteiger partial charge in [-0.15, -0.1) is 11.3 Å². The molecule has 1 aliphatic rings. The zero-order valence-corrected chi connectivity index (χ0v) is 15.4. The van der Waals surface area contributed by atoms with E-state index in [1.807, 2.05) is 20.0 Å². The second kappa shape index (κ2) is 6.11. The maximum Gasteiger partial charge on any atom is 0.272 e. The van der Waals surface area contributed by atoms with Crippen LogP contribution in [0.3, 0.4) is 0 Å². The second-order valence-corrected chi connectivity index (χ2v) is 7.65. The van der Waals surface area contributed by atoms with Crippen molar-refractivity contribution >= 4 is 23.2 Å². The first-order valence-electron chi connectivity index (χ1n) is 8.43. The van der Waals surface area contributed by atoms with E-state index in [1.165, 1.54) is 16.9 Å². The summed E-state index contributed by atoms with van der Waals surface area (Å²) < 4.78 is 2.08. The van der Waals surface area contributed by atoms with E-state index in [1.54, 1.807) is 4.90 Å². The van der Waals surface area contributed by atoms with Crippen molar-refractivity contribution in [2.24, 2.45) is 0 Å². The van der Waals surface area contributed by atoms with Gasteiger partial charge in [0.15, 0.2) is 0 Å². The number of anilines is 1. The number of thiazole rings is 1. The van der Waals surface area contributed by atoms with Crippen LogP contribution < -0.4 is 4.90 Å². The molecule has 1 amide bonds. The van der Waals surface area contributed by atoms with Gasteiger partial charge in [0.05, 0.1) is 16.4 Å². The molecule has 3 aromatic rings. The van der Waals surface area contributed by atoms with Crippen LogP contribution in [-0.2, 0) is 6.54 Å². The Morgan fingerprint density at radius 2 is 1.84 bits per heavy atom. The van der Waals surface area contributed by atoms with E-state index in [2.05, 4.69) is 40.7 Å². The summed E-state index contributed by atoms with van der Waals surface area (Å²) in [5.41, 5.74) is 4.01. The van der Waals surface area contributed by atoms with Crippen LogP contribution in [0.25, 0.3) is 11.3 Å². The van der Waals surface area contributed by atoms with E-state index >= 15 is 0 Å². The highest BCUT2D eigenvalue weighted by atomic mass is 32.1. The topological polar surface area (TPSA) is 51.0 Å². The molecule has 0 unspecified atom stereocenters. The molecule has 0 saturated heterocycles. The zero-order chi connectivity index (χ0) is 17.6. The second-order valence-electron chi connectivity index (χ2n) is 6.44. The monoisotopic (exact) mass is 352 g/mol. The van der Waals surface area contributed by atoms with Gasteiger partial charge >= 0.3 is 0 Å². The number of carbonyl (C=O) groups excluding carboxylic acids is 1. The van der Waals surface area contributed by atoms with Gasteiger partial charge in [-0.2, -0.15) is 0 Å². The molecule has 0 atom stereocenters. The minimum atomic E-state index is 0.00473. The molecule has 0 saturated carbocycles. The Hall–Kier alpha value is -2.47. The average Bonchev–Trinajstić information content (AvgIpc) is 3.17. The van der Waals surface area contributed by atoms with Crippen molar-refractivity contribution in [3.8, 4) is 11.3 Å². The van der Waals surface area contributed by atoms with Crippen LogP contribution in [-0.4, -0.2) is 27.0 Å². The number of hydrogen-bond donors (Lipinski definition) is 0. The van der Waals surface area contributed by atoms with Crippen molar-refractivity contribution in [1.29, 1.82) is 0 Å². The third-order valence-electron chi connectivity index (χ3n) is 4.47. The molecule has 4 rings (SSSR count). The quantitative estimate of drug-likeness (QED) is 0.701. The zero-order valence-electron chi connectivity index (χ0n) is 14.6. The molecule has 0 radical (unpaired) electrons. The first-order chi connectivity index (χ1) is 12.0. The van der Waals surface area contributed by atoms with Crippen LogP contribution in [0.1, 0.15) is 32.4 Å². The minimum absolute atomic E-state index is 0.00473. The molecule has 5 nitrogen and oxygen atoms in total. The molecule has 1 aromatic carbocycles. The summed E-state index contributed by atoms with van der Waals surface area (Å²) in [6, 6.07) is 8.32. The normalized spacial score (nSPS) is 13.8. The predicted octanol–water partition coefficient (Wildman–Crippen LogP) is 3.98. The van der Waals surface area contributed by atoms with Crippen LogP contribution in [0, 0.1) is 20.8 Å². The molecule has 3 heterocycles. The van der Waals surface area contributed by atoms with Crippen molar-refractivity contribution in [1.82, 2.24) is 14.5 Å². The van der Waals surface area contributed by atoms with Gasteiger partial charge < -0.3 is 4.57 Å². The summed E-state index contributed by atoms with van der Waals surface area (Å²) in [5.74, 6) is 0.738. The molecule has 128 valence electrons. The number of fused-ring (bicyclic) bond motifs is 1. The van der Waals surface area contributed by atoms with E-state index in [0.717, 1.165) is 40.9 Å². The van der Waals surface area contributed by atoms with Crippen LogP contribution in [0.15, 0.2) is 30.5 Å². The number of aromatic nitrogens is 3. The van der Waals surface area contributed by atoms with Gasteiger partial charge in [0.25, 0.3) is 5.91 Å². The molecule has 25 heavy (non-hydrogen) atoms. The standard InChI is InChI=1S/C19H20N4OS/c1-12-5-7-15(8-6-12)16-11-22-9-4-10-23(19(22)21-16)18(24)17-13(2)20-14(3)25-17/h5-8,11H,4,9-10H2,1-3H3. The number of amides is 1. The summed E-state index contributed by atoms with van der Waals surface area (Å²) in [4.78, 5) is 24.7. The highest BCUT2D eigenvalue weighted by Gasteiger charge is 2.28. The first-order valence-corrected chi connectivity index (χ1v) is 9.24. The lowest BCUT2D eigenvalue weighted by Gasteiger charge is -2.26. The smallest absolute Gasteiger partial charge is 0.272 e. The molecule has 2 aromatic heterocycles. The predicted molar refractivity (Wildman–Crippen MR) is 100 cm³/mol. The van der Waals surface area contributed by atoms with Gasteiger partial charge in [0.1, 0.15) is 4.88 Å². The fourth-order valence-corrected chi connectivity index (χ4v) is 4.06. The fourth-order valence-electron chi connectivity index (χ4n) is 3.19. The molecular formula is C19H20N4OS. The van der Waals surface area contributed by atoms with Crippen molar-refractivity contribution in [2.45, 2.75) is 33.7 Å². The third kappa shape index (κ3) is 2.87. The highest BCUT2D eigenvalue weighted by Crippen LogP contribution is 2.29. The highest BCUT2D eigenvalue weighted by molar-refractivity contribution is 7.13. The van der Waals surface area contributed by atoms with Gasteiger partial charge in [-0.05, 0) is 27.2 Å². The Labute approximate surface area is 151 Å². The summed E-state index contributed by atoms with van der Waals surface area (Å²) in [5, 5.41) is 0.918. The number of carbonyl (C=O) groups is 1. The lowest BCUT2D eigenvalue weighted by Crippen LogP contribution is -2.37. The fraction of sp³-hybridized carbons (Fsp3) is 0.316. The lowest BCUT2D eigenvalue weighted by atomic mass is 10.1. The van der Waals surface area contributed by atoms with Gasteiger partial charge in [-0.25, -0.2) is 9.97 Å². The SMILES string of the molecule is Cc1ccc(-c2cn3c(n2)N(C(=O)c2sc(C)nc2C)CCC3)cc1. The number of rotatable bonds is 2. The van der Waals surface area contributed by atoms with Crippen LogP contribution in [0.5, 0.6) is 0 Å². The Morgan fingerprint density at radius 3 is 2.52 bits per heavy atom. The first kappa shape index (κ1) is 16.0. The molecule has 1 aliphatic heterocycles. The van der Waals surface area contributed by atoms with Gasteiger partial charge in [0, 0.05) is 24.8 Å². The summed E-state index contributed by atoms with van der Waals surface area (Å²) in [6.07, 6.45) is 2.98. The number of hydrogen-bond acceptors (Lipinski definition) is 4. The minimum Gasteiger partial charge on any atom is -0.316 e. The molecule has 6 heteroatoms. The van der Waals surface area contributed by atoms with Crippen molar-refractivity contribution in [3.05, 3.63) is 51.6 Å². The van der Waals surface area contributed by atoms with Gasteiger partial charge in [-0.1, -0.05) is 29.8 Å². The Kier molecular flexibility index (Phi) is 3.92. The summed E-state index contributed by atoms with van der Waals surface area (Å²) in [6.45, 7) is 7.48. The van der Waals surface area contributed by atoms with Crippen LogP contribution in [0.4, 0.5) is 5.95 Å². The lowest BCUT2D eigenvalue weighted by molar-refractivity contribution is 0.0984. The van der Waals surface area contributed by atoms with Crippen molar-refractivity contribution in [2.75, 3.05) is 11.4 Å². The molecule has 0 N–H and O–H groups in total. The van der Waals surface area contributed by atoms with Crippen molar-refractivity contribution in [3.63, 3.8) is 0 Å². The van der Waals surface area contributed by atoms with Crippen LogP contribution in [0.2, 0.25) is 0 Å². The maximum atomic E-state index is 13.0. The van der Waals surface area contributed by atoms with E-state index in [4.69, 9.17) is 4.98 Å². The number of nitrogens with zero attached hydrogens (tertiary/aromatic N) is 4. The summed E-state index contributed by atoms with van der Waals surface area (Å²) >= 11 is 1.46. The number of imidazole rings is 1. The van der Waals surface area contributed by atoms with Crippen LogP contribution >= 0.6 is 11.3 Å². The molecule has 0 bridgehead atoms. The maximum absolute atomic E-state index is 13.0. The molecular weight excluding hydrogens is 332 g/mol. The number of aryl methyl sites for hydroxylation is 4. The van der Waals surface area contributed by atoms with E-state index < -0.39 is 0 Å². The van der Waals surface area contributed by atoms with E-state index in [9.17, 15) is 4.79 Å². The average molecular weight is 352 g/mol. The molecule has 0 aliphatic carbocycles. The molecule has 0 spiro atoms. The van der Waals surface area contributed by atoms with E-state index in [-0.39, 0.29) is 5.91 Å². The largest absolute Gasteiger partial charge is 0.316 e. The Morgan fingerprint density at radius 1 is 1.08 bits per heavy atom. The number of benzene rings is 1. The summed E-state index contributed by atoms with van der Waals surface area (Å²) in [7, 11) is 0.